The molecule has 0 bridgehead atoms. The van der Waals surface area contributed by atoms with Gasteiger partial charge in [0.1, 0.15) is 11.5 Å². The monoisotopic (exact) mass is 302 g/mol. The van der Waals surface area contributed by atoms with Crippen LogP contribution in [0.2, 0.25) is 0 Å². The Morgan fingerprint density at radius 1 is 0.826 bits per heavy atom. The SMILES string of the molecule is Cc1ccc(-c2ccn3cc(-c4ccc(F)cc4)nc3c2)cc1. The van der Waals surface area contributed by atoms with Crippen LogP contribution >= 0.6 is 0 Å². The van der Waals surface area contributed by atoms with E-state index in [0.29, 0.717) is 0 Å². The van der Waals surface area contributed by atoms with E-state index in [1.165, 1.54) is 23.3 Å². The minimum Gasteiger partial charge on any atom is -0.306 e. The summed E-state index contributed by atoms with van der Waals surface area (Å²) < 4.78 is 15.0. The Labute approximate surface area is 133 Å². The number of imidazole rings is 1. The van der Waals surface area contributed by atoms with Gasteiger partial charge in [0.05, 0.1) is 5.69 Å². The smallest absolute Gasteiger partial charge is 0.138 e. The van der Waals surface area contributed by atoms with Crippen LogP contribution in [0, 0.1) is 12.7 Å². The topological polar surface area (TPSA) is 17.3 Å². The summed E-state index contributed by atoms with van der Waals surface area (Å²) in [5.41, 5.74) is 6.17. The van der Waals surface area contributed by atoms with Crippen LogP contribution in [-0.4, -0.2) is 9.38 Å². The first kappa shape index (κ1) is 13.7. The van der Waals surface area contributed by atoms with Crippen molar-refractivity contribution >= 4 is 5.65 Å². The van der Waals surface area contributed by atoms with Gasteiger partial charge in [-0.15, -0.1) is 0 Å². The van der Waals surface area contributed by atoms with Gasteiger partial charge in [-0.2, -0.15) is 0 Å². The number of aryl methyl sites for hydroxylation is 1. The molecule has 2 aromatic carbocycles. The maximum atomic E-state index is 13.1. The van der Waals surface area contributed by atoms with Gasteiger partial charge in [0.25, 0.3) is 0 Å². The molecule has 3 heteroatoms. The summed E-state index contributed by atoms with van der Waals surface area (Å²) in [5, 5.41) is 0. The van der Waals surface area contributed by atoms with Gasteiger partial charge in [-0.1, -0.05) is 29.8 Å². The highest BCUT2D eigenvalue weighted by Gasteiger charge is 2.06. The van der Waals surface area contributed by atoms with Crippen molar-refractivity contribution in [2.75, 3.05) is 0 Å². The molecule has 2 nitrogen and oxygen atoms in total. The Morgan fingerprint density at radius 3 is 2.26 bits per heavy atom. The average molecular weight is 302 g/mol. The van der Waals surface area contributed by atoms with Gasteiger partial charge in [-0.05, 0) is 54.4 Å². The van der Waals surface area contributed by atoms with E-state index in [4.69, 9.17) is 0 Å². The third kappa shape index (κ3) is 2.61. The second-order valence-electron chi connectivity index (χ2n) is 5.68. The van der Waals surface area contributed by atoms with Crippen molar-refractivity contribution in [2.45, 2.75) is 6.92 Å². The summed E-state index contributed by atoms with van der Waals surface area (Å²) >= 11 is 0. The summed E-state index contributed by atoms with van der Waals surface area (Å²) in [6.45, 7) is 2.08. The van der Waals surface area contributed by atoms with E-state index in [1.807, 2.05) is 16.8 Å². The molecule has 0 aliphatic rings. The minimum atomic E-state index is -0.237. The van der Waals surface area contributed by atoms with Crippen LogP contribution in [0.5, 0.6) is 0 Å². The number of nitrogens with zero attached hydrogens (tertiary/aromatic N) is 2. The summed E-state index contributed by atoms with van der Waals surface area (Å²) in [6, 6.07) is 19.0. The van der Waals surface area contributed by atoms with Gasteiger partial charge in [-0.25, -0.2) is 9.37 Å². The lowest BCUT2D eigenvalue weighted by Crippen LogP contribution is -1.84. The molecule has 0 atom stereocenters. The molecule has 0 radical (unpaired) electrons. The molecule has 0 aliphatic carbocycles. The fraction of sp³-hybridized carbons (Fsp3) is 0.0500. The molecule has 0 saturated heterocycles. The highest BCUT2D eigenvalue weighted by Crippen LogP contribution is 2.24. The fourth-order valence-electron chi connectivity index (χ4n) is 2.67. The zero-order valence-corrected chi connectivity index (χ0v) is 12.7. The van der Waals surface area contributed by atoms with Crippen LogP contribution in [0.1, 0.15) is 5.56 Å². The highest BCUT2D eigenvalue weighted by molar-refractivity contribution is 5.70. The molecule has 23 heavy (non-hydrogen) atoms. The second-order valence-corrected chi connectivity index (χ2v) is 5.68. The van der Waals surface area contributed by atoms with E-state index in [9.17, 15) is 4.39 Å². The summed E-state index contributed by atoms with van der Waals surface area (Å²) in [5.74, 6) is -0.237. The Hall–Kier alpha value is -2.94. The van der Waals surface area contributed by atoms with Crippen molar-refractivity contribution < 1.29 is 4.39 Å². The standard InChI is InChI=1S/C20H15FN2/c1-14-2-4-15(5-3-14)17-10-11-23-13-19(22-20(23)12-17)16-6-8-18(21)9-7-16/h2-13H,1H3. The number of hydrogen-bond acceptors (Lipinski definition) is 1. The Morgan fingerprint density at radius 2 is 1.52 bits per heavy atom. The van der Waals surface area contributed by atoms with E-state index in [-0.39, 0.29) is 5.82 Å². The van der Waals surface area contributed by atoms with Gasteiger partial charge in [0.15, 0.2) is 0 Å². The molecule has 0 spiro atoms. The molecule has 112 valence electrons. The Balaban J connectivity index is 1.77. The number of rotatable bonds is 2. The molecule has 4 aromatic rings. The van der Waals surface area contributed by atoms with Crippen LogP contribution in [0.4, 0.5) is 4.39 Å². The summed E-state index contributed by atoms with van der Waals surface area (Å²) in [4.78, 5) is 4.66. The van der Waals surface area contributed by atoms with Crippen molar-refractivity contribution in [3.63, 3.8) is 0 Å². The van der Waals surface area contributed by atoms with E-state index >= 15 is 0 Å². The van der Waals surface area contributed by atoms with Crippen molar-refractivity contribution in [3.8, 4) is 22.4 Å². The Bertz CT molecular complexity index is 923. The van der Waals surface area contributed by atoms with Crippen LogP contribution in [0.15, 0.2) is 73.1 Å². The lowest BCUT2D eigenvalue weighted by molar-refractivity contribution is 0.628. The van der Waals surface area contributed by atoms with Crippen LogP contribution in [0.3, 0.4) is 0 Å². The first-order valence-corrected chi connectivity index (χ1v) is 7.51. The van der Waals surface area contributed by atoms with E-state index in [0.717, 1.165) is 22.5 Å². The maximum Gasteiger partial charge on any atom is 0.138 e. The molecule has 0 amide bonds. The quantitative estimate of drug-likeness (QED) is 0.502. The molecule has 4 rings (SSSR count). The molecule has 0 unspecified atom stereocenters. The first-order chi connectivity index (χ1) is 11.2. The molecule has 2 aromatic heterocycles. The number of pyridine rings is 1. The van der Waals surface area contributed by atoms with Gasteiger partial charge < -0.3 is 4.40 Å². The first-order valence-electron chi connectivity index (χ1n) is 7.51. The molecular formula is C20H15FN2. The van der Waals surface area contributed by atoms with E-state index in [2.05, 4.69) is 48.3 Å². The van der Waals surface area contributed by atoms with Gasteiger partial charge >= 0.3 is 0 Å². The third-order valence-electron chi connectivity index (χ3n) is 3.99. The zero-order chi connectivity index (χ0) is 15.8. The number of halogens is 1. The van der Waals surface area contributed by atoms with Gasteiger partial charge in [0, 0.05) is 18.0 Å². The number of hydrogen-bond donors (Lipinski definition) is 0. The largest absolute Gasteiger partial charge is 0.306 e. The van der Waals surface area contributed by atoms with E-state index < -0.39 is 0 Å². The zero-order valence-electron chi connectivity index (χ0n) is 12.7. The Kier molecular flexibility index (Phi) is 3.19. The van der Waals surface area contributed by atoms with Crippen LogP contribution in [-0.2, 0) is 0 Å². The molecule has 0 N–H and O–H groups in total. The molecular weight excluding hydrogens is 287 g/mol. The lowest BCUT2D eigenvalue weighted by Gasteiger charge is -2.02. The number of fused-ring (bicyclic) bond motifs is 1. The summed E-state index contributed by atoms with van der Waals surface area (Å²) in [7, 11) is 0. The van der Waals surface area contributed by atoms with Crippen LogP contribution in [0.25, 0.3) is 28.0 Å². The van der Waals surface area contributed by atoms with Gasteiger partial charge in [-0.3, -0.25) is 0 Å². The van der Waals surface area contributed by atoms with E-state index in [1.54, 1.807) is 12.1 Å². The number of benzene rings is 2. The predicted molar refractivity (Wildman–Crippen MR) is 90.8 cm³/mol. The summed E-state index contributed by atoms with van der Waals surface area (Å²) in [6.07, 6.45) is 3.96. The predicted octanol–water partition coefficient (Wildman–Crippen LogP) is 5.12. The fourth-order valence-corrected chi connectivity index (χ4v) is 2.67. The second kappa shape index (κ2) is 5.36. The van der Waals surface area contributed by atoms with Crippen molar-refractivity contribution in [1.82, 2.24) is 9.38 Å². The highest BCUT2D eigenvalue weighted by atomic mass is 19.1. The molecule has 0 aliphatic heterocycles. The average Bonchev–Trinajstić information content (AvgIpc) is 2.99. The third-order valence-corrected chi connectivity index (χ3v) is 3.99. The number of aromatic nitrogens is 2. The molecule has 0 saturated carbocycles. The lowest BCUT2D eigenvalue weighted by atomic mass is 10.1. The molecule has 0 fully saturated rings. The minimum absolute atomic E-state index is 0.237. The van der Waals surface area contributed by atoms with Crippen LogP contribution < -0.4 is 0 Å². The van der Waals surface area contributed by atoms with Crippen molar-refractivity contribution in [2.24, 2.45) is 0 Å². The van der Waals surface area contributed by atoms with Crippen molar-refractivity contribution in [3.05, 3.63) is 84.4 Å². The van der Waals surface area contributed by atoms with Crippen molar-refractivity contribution in [1.29, 1.82) is 0 Å². The van der Waals surface area contributed by atoms with Gasteiger partial charge in [0.2, 0.25) is 0 Å². The molecule has 2 heterocycles. The normalized spacial score (nSPS) is 11.0. The maximum absolute atomic E-state index is 13.1.